The molecule has 0 aliphatic heterocycles. The highest BCUT2D eigenvalue weighted by molar-refractivity contribution is 5.14. The summed E-state index contributed by atoms with van der Waals surface area (Å²) < 4.78 is 5.33. The fourth-order valence-electron chi connectivity index (χ4n) is 2.09. The van der Waals surface area contributed by atoms with Gasteiger partial charge in [-0.25, -0.2) is 0 Å². The van der Waals surface area contributed by atoms with Gasteiger partial charge in [0.05, 0.1) is 6.54 Å². The summed E-state index contributed by atoms with van der Waals surface area (Å²) in [6.45, 7) is 8.08. The molecule has 0 aliphatic rings. The van der Waals surface area contributed by atoms with E-state index in [0.29, 0.717) is 18.5 Å². The molecule has 1 aromatic heterocycles. The van der Waals surface area contributed by atoms with Crippen molar-refractivity contribution in [2.45, 2.75) is 52.7 Å². The average molecular weight is 273 g/mol. The van der Waals surface area contributed by atoms with E-state index in [-0.39, 0.29) is 0 Å². The second-order valence-corrected chi connectivity index (χ2v) is 5.34. The maximum Gasteiger partial charge on any atom is 0.240 e. The second kappa shape index (κ2) is 7.20. The van der Waals surface area contributed by atoms with Crippen LogP contribution in [0, 0.1) is 0 Å². The average Bonchev–Trinajstić information content (AvgIpc) is 2.87. The molecule has 1 heterocycles. The molecule has 0 unspecified atom stereocenters. The first-order chi connectivity index (χ1) is 9.69. The zero-order valence-corrected chi connectivity index (χ0v) is 12.5. The summed E-state index contributed by atoms with van der Waals surface area (Å²) in [6, 6.07) is 10.9. The predicted molar refractivity (Wildman–Crippen MR) is 79.1 cm³/mol. The molecule has 0 saturated carbocycles. The van der Waals surface area contributed by atoms with Gasteiger partial charge in [0, 0.05) is 19.0 Å². The van der Waals surface area contributed by atoms with Crippen molar-refractivity contribution in [3.63, 3.8) is 0 Å². The topological polar surface area (TPSA) is 42.2 Å². The van der Waals surface area contributed by atoms with Crippen LogP contribution in [0.5, 0.6) is 0 Å². The minimum atomic E-state index is 0.428. The van der Waals surface area contributed by atoms with Crippen LogP contribution in [0.4, 0.5) is 0 Å². The van der Waals surface area contributed by atoms with E-state index in [9.17, 15) is 0 Å². The van der Waals surface area contributed by atoms with Crippen LogP contribution in [0.25, 0.3) is 0 Å². The minimum absolute atomic E-state index is 0.428. The number of hydrogen-bond acceptors (Lipinski definition) is 4. The van der Waals surface area contributed by atoms with Crippen molar-refractivity contribution in [1.82, 2.24) is 15.0 Å². The Morgan fingerprint density at radius 2 is 1.90 bits per heavy atom. The van der Waals surface area contributed by atoms with Gasteiger partial charge in [0.15, 0.2) is 5.82 Å². The molecule has 2 aromatic rings. The fourth-order valence-corrected chi connectivity index (χ4v) is 2.09. The molecule has 0 bridgehead atoms. The lowest BCUT2D eigenvalue weighted by Crippen LogP contribution is -2.29. The van der Waals surface area contributed by atoms with Gasteiger partial charge in [-0.3, -0.25) is 4.90 Å². The van der Waals surface area contributed by atoms with Crippen LogP contribution >= 0.6 is 0 Å². The molecule has 0 radical (unpaired) electrons. The van der Waals surface area contributed by atoms with Crippen LogP contribution in [-0.4, -0.2) is 21.1 Å². The maximum absolute atomic E-state index is 5.33. The normalized spacial score (nSPS) is 11.4. The second-order valence-electron chi connectivity index (χ2n) is 5.34. The molecule has 4 heteroatoms. The standard InChI is InChI=1S/C16H23N3O/c1-4-8-15-17-16(20-18-15)12-19(13(2)3)11-14-9-6-5-7-10-14/h5-7,9-10,13H,4,8,11-12H2,1-3H3. The minimum Gasteiger partial charge on any atom is -0.338 e. The first-order valence-electron chi connectivity index (χ1n) is 7.28. The molecule has 108 valence electrons. The first kappa shape index (κ1) is 14.7. The highest BCUT2D eigenvalue weighted by atomic mass is 16.5. The Hall–Kier alpha value is -1.68. The molecular weight excluding hydrogens is 250 g/mol. The molecule has 0 atom stereocenters. The van der Waals surface area contributed by atoms with Gasteiger partial charge in [-0.1, -0.05) is 42.4 Å². The number of aromatic nitrogens is 2. The van der Waals surface area contributed by atoms with Crippen LogP contribution in [0.2, 0.25) is 0 Å². The lowest BCUT2D eigenvalue weighted by Gasteiger charge is -2.24. The Morgan fingerprint density at radius 3 is 2.55 bits per heavy atom. The zero-order chi connectivity index (χ0) is 14.4. The van der Waals surface area contributed by atoms with E-state index in [4.69, 9.17) is 4.52 Å². The van der Waals surface area contributed by atoms with Crippen LogP contribution < -0.4 is 0 Å². The van der Waals surface area contributed by atoms with Gasteiger partial charge < -0.3 is 4.52 Å². The van der Waals surface area contributed by atoms with E-state index in [0.717, 1.165) is 25.2 Å². The molecule has 0 spiro atoms. The predicted octanol–water partition coefficient (Wildman–Crippen LogP) is 3.43. The third-order valence-corrected chi connectivity index (χ3v) is 3.28. The van der Waals surface area contributed by atoms with Crippen LogP contribution in [0.1, 0.15) is 44.5 Å². The maximum atomic E-state index is 5.33. The van der Waals surface area contributed by atoms with Crippen molar-refractivity contribution in [3.8, 4) is 0 Å². The van der Waals surface area contributed by atoms with E-state index in [1.165, 1.54) is 5.56 Å². The number of aryl methyl sites for hydroxylation is 1. The smallest absolute Gasteiger partial charge is 0.240 e. The summed E-state index contributed by atoms with van der Waals surface area (Å²) >= 11 is 0. The SMILES string of the molecule is CCCc1noc(CN(Cc2ccccc2)C(C)C)n1. The molecular formula is C16H23N3O. The van der Waals surface area contributed by atoms with Crippen molar-refractivity contribution in [3.05, 3.63) is 47.6 Å². The van der Waals surface area contributed by atoms with Crippen molar-refractivity contribution >= 4 is 0 Å². The van der Waals surface area contributed by atoms with Crippen LogP contribution in [0.3, 0.4) is 0 Å². The molecule has 0 saturated heterocycles. The number of nitrogens with zero attached hydrogens (tertiary/aromatic N) is 3. The van der Waals surface area contributed by atoms with Gasteiger partial charge in [-0.2, -0.15) is 4.98 Å². The Labute approximate surface area is 120 Å². The molecule has 0 amide bonds. The lowest BCUT2D eigenvalue weighted by molar-refractivity contribution is 0.176. The summed E-state index contributed by atoms with van der Waals surface area (Å²) in [6.07, 6.45) is 1.92. The first-order valence-corrected chi connectivity index (χ1v) is 7.28. The van der Waals surface area contributed by atoms with Crippen molar-refractivity contribution < 1.29 is 4.52 Å². The summed E-state index contributed by atoms with van der Waals surface area (Å²) in [5.41, 5.74) is 1.30. The van der Waals surface area contributed by atoms with Crippen molar-refractivity contribution in [2.75, 3.05) is 0 Å². The zero-order valence-electron chi connectivity index (χ0n) is 12.5. The van der Waals surface area contributed by atoms with Gasteiger partial charge >= 0.3 is 0 Å². The fraction of sp³-hybridized carbons (Fsp3) is 0.500. The van der Waals surface area contributed by atoms with Gasteiger partial charge in [-0.15, -0.1) is 0 Å². The highest BCUT2D eigenvalue weighted by Gasteiger charge is 2.15. The molecule has 0 fully saturated rings. The molecule has 4 nitrogen and oxygen atoms in total. The van der Waals surface area contributed by atoms with E-state index in [1.54, 1.807) is 0 Å². The summed E-state index contributed by atoms with van der Waals surface area (Å²) in [5.74, 6) is 1.52. The summed E-state index contributed by atoms with van der Waals surface area (Å²) in [7, 11) is 0. The molecule has 20 heavy (non-hydrogen) atoms. The third kappa shape index (κ3) is 4.17. The van der Waals surface area contributed by atoms with Crippen LogP contribution in [-0.2, 0) is 19.5 Å². The van der Waals surface area contributed by atoms with E-state index in [1.807, 2.05) is 6.07 Å². The number of hydrogen-bond donors (Lipinski definition) is 0. The summed E-state index contributed by atoms with van der Waals surface area (Å²) in [4.78, 5) is 6.78. The Kier molecular flexibility index (Phi) is 5.30. The number of benzene rings is 1. The Morgan fingerprint density at radius 1 is 1.15 bits per heavy atom. The van der Waals surface area contributed by atoms with Crippen LogP contribution in [0.15, 0.2) is 34.9 Å². The molecule has 1 aromatic carbocycles. The van der Waals surface area contributed by atoms with E-state index in [2.05, 4.69) is 60.1 Å². The van der Waals surface area contributed by atoms with Gasteiger partial charge in [0.1, 0.15) is 0 Å². The Balaban J connectivity index is 2.01. The van der Waals surface area contributed by atoms with E-state index < -0.39 is 0 Å². The van der Waals surface area contributed by atoms with Crippen molar-refractivity contribution in [2.24, 2.45) is 0 Å². The van der Waals surface area contributed by atoms with Gasteiger partial charge in [0.25, 0.3) is 0 Å². The third-order valence-electron chi connectivity index (χ3n) is 3.28. The highest BCUT2D eigenvalue weighted by Crippen LogP contribution is 2.12. The number of rotatable bonds is 7. The Bertz CT molecular complexity index is 507. The largest absolute Gasteiger partial charge is 0.338 e. The molecule has 0 N–H and O–H groups in total. The van der Waals surface area contributed by atoms with Crippen molar-refractivity contribution in [1.29, 1.82) is 0 Å². The molecule has 2 rings (SSSR count). The van der Waals surface area contributed by atoms with Gasteiger partial charge in [0.2, 0.25) is 5.89 Å². The monoisotopic (exact) mass is 273 g/mol. The summed E-state index contributed by atoms with van der Waals surface area (Å²) in [5, 5.41) is 4.01. The molecule has 0 aliphatic carbocycles. The lowest BCUT2D eigenvalue weighted by atomic mass is 10.2. The van der Waals surface area contributed by atoms with Gasteiger partial charge in [-0.05, 0) is 25.8 Å². The van der Waals surface area contributed by atoms with E-state index >= 15 is 0 Å². The quantitative estimate of drug-likeness (QED) is 0.775.